The molecule has 2 N–H and O–H groups in total. The summed E-state index contributed by atoms with van der Waals surface area (Å²) in [4.78, 5) is 37.0. The lowest BCUT2D eigenvalue weighted by Crippen LogP contribution is -2.21. The van der Waals surface area contributed by atoms with Crippen LogP contribution in [-0.2, 0) is 20.9 Å². The van der Waals surface area contributed by atoms with Gasteiger partial charge in [-0.05, 0) is 30.2 Å². The lowest BCUT2D eigenvalue weighted by Gasteiger charge is -2.09. The first-order chi connectivity index (χ1) is 15.0. The molecule has 31 heavy (non-hydrogen) atoms. The Bertz CT molecular complexity index is 1060. The number of carbonyl (C=O) groups is 3. The third-order valence-corrected chi connectivity index (χ3v) is 5.21. The van der Waals surface area contributed by atoms with E-state index in [1.165, 1.54) is 23.5 Å². The van der Waals surface area contributed by atoms with Crippen LogP contribution in [0.3, 0.4) is 0 Å². The van der Waals surface area contributed by atoms with Gasteiger partial charge in [0.1, 0.15) is 10.6 Å². The maximum atomic E-state index is 12.5. The average Bonchev–Trinajstić information content (AvgIpc) is 3.21. The predicted octanol–water partition coefficient (Wildman–Crippen LogP) is 3.88. The first kappa shape index (κ1) is 22.2. The highest BCUT2D eigenvalue weighted by molar-refractivity contribution is 7.15. The minimum Gasteiger partial charge on any atom is -0.462 e. The first-order valence-electron chi connectivity index (χ1n) is 9.54. The van der Waals surface area contributed by atoms with Crippen molar-refractivity contribution in [3.8, 4) is 11.1 Å². The van der Waals surface area contributed by atoms with Crippen LogP contribution in [0.4, 0.5) is 5.00 Å². The Kier molecular flexibility index (Phi) is 7.53. The van der Waals surface area contributed by atoms with Crippen molar-refractivity contribution in [3.63, 3.8) is 0 Å². The molecule has 0 spiro atoms. The van der Waals surface area contributed by atoms with Gasteiger partial charge in [0.25, 0.3) is 5.91 Å². The van der Waals surface area contributed by atoms with Crippen LogP contribution in [0.1, 0.15) is 33.2 Å². The summed E-state index contributed by atoms with van der Waals surface area (Å²) in [5, 5.41) is 13.8. The van der Waals surface area contributed by atoms with Gasteiger partial charge in [0.05, 0.1) is 18.8 Å². The van der Waals surface area contributed by atoms with Gasteiger partial charge in [0.2, 0.25) is 0 Å². The van der Waals surface area contributed by atoms with Crippen LogP contribution in [0, 0.1) is 0 Å². The number of esters is 2. The van der Waals surface area contributed by atoms with Crippen molar-refractivity contribution in [1.82, 2.24) is 0 Å². The van der Waals surface area contributed by atoms with Crippen molar-refractivity contribution < 1.29 is 29.0 Å². The van der Waals surface area contributed by atoms with Gasteiger partial charge in [-0.25, -0.2) is 9.59 Å². The number of aliphatic hydroxyl groups is 1. The zero-order valence-electron chi connectivity index (χ0n) is 16.8. The van der Waals surface area contributed by atoms with Gasteiger partial charge in [0.15, 0.2) is 6.61 Å². The number of ether oxygens (including phenoxy) is 2. The normalized spacial score (nSPS) is 10.4. The van der Waals surface area contributed by atoms with E-state index < -0.39 is 24.5 Å². The quantitative estimate of drug-likeness (QED) is 0.517. The molecule has 0 fully saturated rings. The molecule has 1 amide bonds. The Labute approximate surface area is 183 Å². The summed E-state index contributed by atoms with van der Waals surface area (Å²) in [5.41, 5.74) is 2.66. The second-order valence-electron chi connectivity index (χ2n) is 6.42. The largest absolute Gasteiger partial charge is 0.462 e. The minimum atomic E-state index is -0.665. The lowest BCUT2D eigenvalue weighted by molar-refractivity contribution is -0.119. The van der Waals surface area contributed by atoms with Crippen LogP contribution in [0.2, 0.25) is 0 Å². The SMILES string of the molecule is CCOC(=O)c1c(-c2ccccc2)csc1NC(=O)COC(=O)c1ccc(CO)cc1. The molecule has 3 rings (SSSR count). The Morgan fingerprint density at radius 1 is 0.968 bits per heavy atom. The third kappa shape index (κ3) is 5.56. The van der Waals surface area contributed by atoms with Crippen LogP contribution in [-0.4, -0.2) is 36.2 Å². The summed E-state index contributed by atoms with van der Waals surface area (Å²) >= 11 is 1.19. The molecule has 160 valence electrons. The predicted molar refractivity (Wildman–Crippen MR) is 117 cm³/mol. The molecule has 1 heterocycles. The zero-order valence-corrected chi connectivity index (χ0v) is 17.6. The molecule has 0 bridgehead atoms. The third-order valence-electron chi connectivity index (χ3n) is 4.31. The van der Waals surface area contributed by atoms with Crippen molar-refractivity contribution in [1.29, 1.82) is 0 Å². The fraction of sp³-hybridized carbons (Fsp3) is 0.174. The Morgan fingerprint density at radius 2 is 1.68 bits per heavy atom. The van der Waals surface area contributed by atoms with E-state index in [1.807, 2.05) is 30.3 Å². The highest BCUT2D eigenvalue weighted by atomic mass is 32.1. The number of thiophene rings is 1. The number of rotatable bonds is 8. The monoisotopic (exact) mass is 439 g/mol. The fourth-order valence-corrected chi connectivity index (χ4v) is 3.78. The molecule has 0 aliphatic heterocycles. The van der Waals surface area contributed by atoms with Crippen molar-refractivity contribution in [2.24, 2.45) is 0 Å². The number of carbonyl (C=O) groups excluding carboxylic acids is 3. The summed E-state index contributed by atoms with van der Waals surface area (Å²) < 4.78 is 10.2. The number of benzene rings is 2. The number of anilines is 1. The number of hydrogen-bond acceptors (Lipinski definition) is 7. The average molecular weight is 439 g/mol. The molecule has 1 aromatic heterocycles. The molecule has 7 nitrogen and oxygen atoms in total. The fourth-order valence-electron chi connectivity index (χ4n) is 2.81. The van der Waals surface area contributed by atoms with E-state index in [2.05, 4.69) is 5.32 Å². The molecule has 0 radical (unpaired) electrons. The minimum absolute atomic E-state index is 0.133. The zero-order chi connectivity index (χ0) is 22.2. The van der Waals surface area contributed by atoms with Gasteiger partial charge < -0.3 is 19.9 Å². The smallest absolute Gasteiger partial charge is 0.341 e. The van der Waals surface area contributed by atoms with Crippen molar-refractivity contribution in [2.45, 2.75) is 13.5 Å². The van der Waals surface area contributed by atoms with Crippen LogP contribution in [0.5, 0.6) is 0 Å². The first-order valence-corrected chi connectivity index (χ1v) is 10.4. The van der Waals surface area contributed by atoms with Gasteiger partial charge in [-0.3, -0.25) is 4.79 Å². The molecule has 0 aliphatic rings. The van der Waals surface area contributed by atoms with Crippen LogP contribution >= 0.6 is 11.3 Å². The highest BCUT2D eigenvalue weighted by Gasteiger charge is 2.23. The molecule has 8 heteroatoms. The van der Waals surface area contributed by atoms with Crippen molar-refractivity contribution >= 4 is 34.2 Å². The number of amides is 1. The summed E-state index contributed by atoms with van der Waals surface area (Å²) in [5.74, 6) is -1.78. The van der Waals surface area contributed by atoms with Crippen LogP contribution < -0.4 is 5.32 Å². The van der Waals surface area contributed by atoms with Gasteiger partial charge in [-0.15, -0.1) is 11.3 Å². The summed E-state index contributed by atoms with van der Waals surface area (Å²) in [6.45, 7) is 1.26. The Hall–Kier alpha value is -3.49. The van der Waals surface area contributed by atoms with E-state index in [0.29, 0.717) is 16.1 Å². The van der Waals surface area contributed by atoms with Crippen molar-refractivity contribution in [2.75, 3.05) is 18.5 Å². The topological polar surface area (TPSA) is 102 Å². The maximum Gasteiger partial charge on any atom is 0.341 e. The lowest BCUT2D eigenvalue weighted by atomic mass is 10.0. The number of aliphatic hydroxyl groups excluding tert-OH is 1. The standard InChI is InChI=1S/C23H21NO6S/c1-2-29-23(28)20-18(16-6-4-3-5-7-16)14-31-21(20)24-19(26)13-30-22(27)17-10-8-15(12-25)9-11-17/h3-11,14,25H,2,12-13H2,1H3,(H,24,26). The molecule has 0 aliphatic carbocycles. The van der Waals surface area contributed by atoms with E-state index >= 15 is 0 Å². The van der Waals surface area contributed by atoms with Crippen LogP contribution in [0.25, 0.3) is 11.1 Å². The van der Waals surface area contributed by atoms with E-state index in [9.17, 15) is 14.4 Å². The van der Waals surface area contributed by atoms with E-state index in [4.69, 9.17) is 14.6 Å². The van der Waals surface area contributed by atoms with Gasteiger partial charge in [-0.2, -0.15) is 0 Å². The van der Waals surface area contributed by atoms with E-state index in [1.54, 1.807) is 24.4 Å². The molecule has 0 unspecified atom stereocenters. The van der Waals surface area contributed by atoms with E-state index in [0.717, 1.165) is 5.56 Å². The Morgan fingerprint density at radius 3 is 2.32 bits per heavy atom. The Balaban J connectivity index is 1.71. The van der Waals surface area contributed by atoms with Gasteiger partial charge in [-0.1, -0.05) is 42.5 Å². The molecule has 2 aromatic carbocycles. The summed E-state index contributed by atoms with van der Waals surface area (Å²) in [7, 11) is 0. The molecule has 0 atom stereocenters. The van der Waals surface area contributed by atoms with Gasteiger partial charge >= 0.3 is 11.9 Å². The maximum absolute atomic E-state index is 12.5. The second kappa shape index (κ2) is 10.5. The van der Waals surface area contributed by atoms with Crippen LogP contribution in [0.15, 0.2) is 60.0 Å². The number of hydrogen-bond donors (Lipinski definition) is 2. The molecule has 3 aromatic rings. The van der Waals surface area contributed by atoms with Crippen molar-refractivity contribution in [3.05, 3.63) is 76.7 Å². The molecular formula is C23H21NO6S. The highest BCUT2D eigenvalue weighted by Crippen LogP contribution is 2.36. The molecule has 0 saturated heterocycles. The molecular weight excluding hydrogens is 418 g/mol. The van der Waals surface area contributed by atoms with E-state index in [-0.39, 0.29) is 24.3 Å². The molecule has 0 saturated carbocycles. The number of nitrogens with one attached hydrogen (secondary N) is 1. The summed E-state index contributed by atoms with van der Waals surface area (Å²) in [6.07, 6.45) is 0. The second-order valence-corrected chi connectivity index (χ2v) is 7.30. The van der Waals surface area contributed by atoms with Gasteiger partial charge in [0, 0.05) is 10.9 Å². The summed E-state index contributed by atoms with van der Waals surface area (Å²) in [6, 6.07) is 15.5.